The van der Waals surface area contributed by atoms with Crippen LogP contribution in [0.15, 0.2) is 91.4 Å². The first kappa shape index (κ1) is 19.5. The Morgan fingerprint density at radius 2 is 1.77 bits per heavy atom. The molecule has 3 aromatic heterocycles. The van der Waals surface area contributed by atoms with E-state index < -0.39 is 0 Å². The Morgan fingerprint density at radius 3 is 2.52 bits per heavy atom. The van der Waals surface area contributed by atoms with E-state index in [1.807, 2.05) is 36.7 Å². The Labute approximate surface area is 187 Å². The molecule has 6 heteroatoms. The van der Waals surface area contributed by atoms with Gasteiger partial charge in [0.2, 0.25) is 0 Å². The zero-order valence-corrected chi connectivity index (χ0v) is 18.0. The van der Waals surface area contributed by atoms with E-state index in [-0.39, 0.29) is 12.1 Å². The van der Waals surface area contributed by atoms with Gasteiger partial charge in [0.05, 0.1) is 29.7 Å². The Morgan fingerprint density at radius 1 is 0.935 bits per heavy atom. The minimum atomic E-state index is -0.0536. The predicted octanol–water partition coefficient (Wildman–Crippen LogP) is 4.75. The van der Waals surface area contributed by atoms with Crippen molar-refractivity contribution in [2.24, 2.45) is 0 Å². The molecular formula is C25H23N5S. The van der Waals surface area contributed by atoms with Gasteiger partial charge in [0.1, 0.15) is 0 Å². The maximum Gasteiger partial charge on any atom is 0.170 e. The molecule has 0 radical (unpaired) electrons. The summed E-state index contributed by atoms with van der Waals surface area (Å²) in [4.78, 5) is 11.3. The Hall–Kier alpha value is -3.51. The van der Waals surface area contributed by atoms with Crippen LogP contribution in [0.5, 0.6) is 0 Å². The zero-order chi connectivity index (χ0) is 21.2. The van der Waals surface area contributed by atoms with Gasteiger partial charge in [-0.3, -0.25) is 9.97 Å². The van der Waals surface area contributed by atoms with Crippen LogP contribution in [0.2, 0.25) is 0 Å². The summed E-state index contributed by atoms with van der Waals surface area (Å²) in [5, 5.41) is 4.28. The lowest BCUT2D eigenvalue weighted by molar-refractivity contribution is 0.302. The monoisotopic (exact) mass is 425 g/mol. The first-order valence-electron chi connectivity index (χ1n) is 10.3. The van der Waals surface area contributed by atoms with Crippen molar-refractivity contribution >= 4 is 17.3 Å². The van der Waals surface area contributed by atoms with Gasteiger partial charge in [-0.25, -0.2) is 0 Å². The Bertz CT molecular complexity index is 1170. The average Bonchev–Trinajstić information content (AvgIpc) is 3.35. The molecule has 5 rings (SSSR count). The molecule has 154 valence electrons. The molecule has 0 unspecified atom stereocenters. The standard InChI is InChI=1S/C25H23N5S/c1-18-12-13-22(30(18)20-10-7-14-26-16-20)24-23(21-11-5-6-15-27-21)28-25(31)29(24)17-19-8-3-2-4-9-19/h2-16,23-24H,17H2,1H3,(H,28,31)/t23-,24+/m1/s1. The van der Waals surface area contributed by atoms with Crippen molar-refractivity contribution in [1.29, 1.82) is 0 Å². The smallest absolute Gasteiger partial charge is 0.170 e. The van der Waals surface area contributed by atoms with Gasteiger partial charge in [0.25, 0.3) is 0 Å². The number of nitrogens with zero attached hydrogens (tertiary/aromatic N) is 4. The van der Waals surface area contributed by atoms with Crippen LogP contribution in [0.3, 0.4) is 0 Å². The van der Waals surface area contributed by atoms with E-state index >= 15 is 0 Å². The van der Waals surface area contributed by atoms with E-state index in [1.165, 1.54) is 5.56 Å². The quantitative estimate of drug-likeness (QED) is 0.468. The molecule has 0 bridgehead atoms. The second-order valence-electron chi connectivity index (χ2n) is 7.69. The largest absolute Gasteiger partial charge is 0.352 e. The molecule has 1 saturated heterocycles. The summed E-state index contributed by atoms with van der Waals surface area (Å²) in [5.41, 5.74) is 5.54. The lowest BCUT2D eigenvalue weighted by Gasteiger charge is -2.29. The van der Waals surface area contributed by atoms with Crippen LogP contribution in [-0.4, -0.2) is 24.5 Å². The summed E-state index contributed by atoms with van der Waals surface area (Å²) < 4.78 is 2.27. The number of thiocarbonyl (C=S) groups is 1. The molecule has 1 fully saturated rings. The number of aryl methyl sites for hydroxylation is 1. The molecule has 2 atom stereocenters. The highest BCUT2D eigenvalue weighted by atomic mass is 32.1. The summed E-state index contributed by atoms with van der Waals surface area (Å²) >= 11 is 5.83. The highest BCUT2D eigenvalue weighted by Gasteiger charge is 2.41. The summed E-state index contributed by atoms with van der Waals surface area (Å²) in [7, 11) is 0. The van der Waals surface area contributed by atoms with Gasteiger partial charge in [-0.2, -0.15) is 0 Å². The molecule has 1 aliphatic heterocycles. The van der Waals surface area contributed by atoms with Crippen molar-refractivity contribution in [2.75, 3.05) is 0 Å². The Kier molecular flexibility index (Phi) is 5.22. The molecule has 5 nitrogen and oxygen atoms in total. The molecule has 0 spiro atoms. The van der Waals surface area contributed by atoms with Gasteiger partial charge in [-0.05, 0) is 61.1 Å². The second-order valence-corrected chi connectivity index (χ2v) is 8.07. The summed E-state index contributed by atoms with van der Waals surface area (Å²) in [6.45, 7) is 2.84. The minimum absolute atomic E-state index is 0.0171. The van der Waals surface area contributed by atoms with E-state index in [2.05, 4.69) is 80.2 Å². The van der Waals surface area contributed by atoms with Crippen LogP contribution in [0.25, 0.3) is 5.69 Å². The summed E-state index contributed by atoms with van der Waals surface area (Å²) in [5.74, 6) is 0. The van der Waals surface area contributed by atoms with E-state index in [0.717, 1.165) is 34.4 Å². The van der Waals surface area contributed by atoms with Crippen LogP contribution < -0.4 is 5.32 Å². The van der Waals surface area contributed by atoms with E-state index in [4.69, 9.17) is 12.2 Å². The SMILES string of the molecule is Cc1ccc([C@H]2[C@@H](c3ccccn3)NC(=S)N2Cc2ccccc2)n1-c1cccnc1. The van der Waals surface area contributed by atoms with Crippen LogP contribution in [-0.2, 0) is 6.54 Å². The fourth-order valence-corrected chi connectivity index (χ4v) is 4.61. The second kappa shape index (κ2) is 8.32. The maximum absolute atomic E-state index is 5.83. The highest BCUT2D eigenvalue weighted by Crippen LogP contribution is 2.40. The van der Waals surface area contributed by atoms with Gasteiger partial charge in [0.15, 0.2) is 5.11 Å². The number of hydrogen-bond acceptors (Lipinski definition) is 3. The lowest BCUT2D eigenvalue weighted by Crippen LogP contribution is -2.30. The number of rotatable bonds is 5. The topological polar surface area (TPSA) is 46.0 Å². The van der Waals surface area contributed by atoms with Gasteiger partial charge in [-0.15, -0.1) is 0 Å². The molecular weight excluding hydrogens is 402 g/mol. The molecule has 1 aromatic carbocycles. The van der Waals surface area contributed by atoms with Crippen LogP contribution in [0.1, 0.15) is 34.7 Å². The molecule has 31 heavy (non-hydrogen) atoms. The molecule has 0 amide bonds. The predicted molar refractivity (Wildman–Crippen MR) is 126 cm³/mol. The van der Waals surface area contributed by atoms with Crippen molar-refractivity contribution in [3.63, 3.8) is 0 Å². The van der Waals surface area contributed by atoms with Crippen LogP contribution in [0.4, 0.5) is 0 Å². The lowest BCUT2D eigenvalue weighted by atomic mass is 10.0. The fraction of sp³-hybridized carbons (Fsp3) is 0.160. The molecule has 4 heterocycles. The molecule has 0 saturated carbocycles. The van der Waals surface area contributed by atoms with E-state index in [1.54, 1.807) is 6.20 Å². The minimum Gasteiger partial charge on any atom is -0.352 e. The number of pyridine rings is 2. The summed E-state index contributed by atoms with van der Waals surface area (Å²) in [6.07, 6.45) is 5.53. The van der Waals surface area contributed by atoms with Crippen LogP contribution in [0, 0.1) is 6.92 Å². The third-order valence-corrected chi connectivity index (χ3v) is 6.06. The molecule has 4 aromatic rings. The molecule has 1 aliphatic rings. The number of benzene rings is 1. The number of nitrogens with one attached hydrogen (secondary N) is 1. The first-order chi connectivity index (χ1) is 15.2. The van der Waals surface area contributed by atoms with Crippen molar-refractivity contribution < 1.29 is 0 Å². The first-order valence-corrected chi connectivity index (χ1v) is 10.7. The normalized spacial score (nSPS) is 18.2. The fourth-order valence-electron chi connectivity index (χ4n) is 4.31. The zero-order valence-electron chi connectivity index (χ0n) is 17.2. The molecule has 1 N–H and O–H groups in total. The van der Waals surface area contributed by atoms with Gasteiger partial charge in [-0.1, -0.05) is 36.4 Å². The van der Waals surface area contributed by atoms with Crippen molar-refractivity contribution in [1.82, 2.24) is 24.8 Å². The average molecular weight is 426 g/mol. The van der Waals surface area contributed by atoms with E-state index in [0.29, 0.717) is 0 Å². The maximum atomic E-state index is 5.83. The summed E-state index contributed by atoms with van der Waals surface area (Å²) in [6, 6.07) is 24.8. The van der Waals surface area contributed by atoms with Crippen molar-refractivity contribution in [3.05, 3.63) is 114 Å². The van der Waals surface area contributed by atoms with Crippen molar-refractivity contribution in [3.8, 4) is 5.69 Å². The highest BCUT2D eigenvalue weighted by molar-refractivity contribution is 7.80. The van der Waals surface area contributed by atoms with Gasteiger partial charge < -0.3 is 14.8 Å². The van der Waals surface area contributed by atoms with Gasteiger partial charge >= 0.3 is 0 Å². The molecule has 0 aliphatic carbocycles. The number of aromatic nitrogens is 3. The number of hydrogen-bond donors (Lipinski definition) is 1. The van der Waals surface area contributed by atoms with E-state index in [9.17, 15) is 0 Å². The van der Waals surface area contributed by atoms with Gasteiger partial charge in [0, 0.05) is 30.3 Å². The third-order valence-electron chi connectivity index (χ3n) is 5.71. The van der Waals surface area contributed by atoms with Crippen LogP contribution >= 0.6 is 12.2 Å². The third kappa shape index (κ3) is 3.70. The van der Waals surface area contributed by atoms with Crippen molar-refractivity contribution in [2.45, 2.75) is 25.6 Å². The Balaban J connectivity index is 1.63.